The molecule has 0 radical (unpaired) electrons. The van der Waals surface area contributed by atoms with Crippen molar-refractivity contribution in [3.8, 4) is 0 Å². The van der Waals surface area contributed by atoms with Gasteiger partial charge >= 0.3 is 5.97 Å². The molecule has 0 aromatic carbocycles. The summed E-state index contributed by atoms with van der Waals surface area (Å²) in [4.78, 5) is 12.9. The first-order chi connectivity index (χ1) is 6.65. The lowest BCUT2D eigenvalue weighted by atomic mass is 10.0. The van der Waals surface area contributed by atoms with Crippen LogP contribution in [-0.2, 0) is 4.79 Å². The van der Waals surface area contributed by atoms with Gasteiger partial charge < -0.3 is 5.11 Å². The van der Waals surface area contributed by atoms with E-state index in [2.05, 4.69) is 6.58 Å². The number of hydrogen-bond acceptors (Lipinski definition) is 2. The molecular formula is C10H16ClNO2. The lowest BCUT2D eigenvalue weighted by Crippen LogP contribution is -2.45. The van der Waals surface area contributed by atoms with E-state index in [1.807, 2.05) is 4.90 Å². The summed E-state index contributed by atoms with van der Waals surface area (Å²) in [5.41, 5.74) is 0.889. The quantitative estimate of drug-likeness (QED) is 0.576. The van der Waals surface area contributed by atoms with E-state index in [4.69, 9.17) is 16.7 Å². The van der Waals surface area contributed by atoms with Gasteiger partial charge in [0.1, 0.15) is 6.04 Å². The second kappa shape index (κ2) is 5.37. The smallest absolute Gasteiger partial charge is 0.320 e. The normalized spacial score (nSPS) is 23.4. The summed E-state index contributed by atoms with van der Waals surface area (Å²) in [7, 11) is 0. The lowest BCUT2D eigenvalue weighted by Gasteiger charge is -2.33. The number of hydrogen-bond donors (Lipinski definition) is 1. The highest BCUT2D eigenvalue weighted by atomic mass is 35.5. The van der Waals surface area contributed by atoms with Gasteiger partial charge in [-0.1, -0.05) is 13.0 Å². The molecule has 4 heteroatoms. The van der Waals surface area contributed by atoms with Gasteiger partial charge in [0, 0.05) is 12.4 Å². The van der Waals surface area contributed by atoms with Crippen LogP contribution < -0.4 is 0 Å². The van der Waals surface area contributed by atoms with Gasteiger partial charge in [0.2, 0.25) is 0 Å². The molecule has 80 valence electrons. The molecular weight excluding hydrogens is 202 g/mol. The number of halogens is 1. The fourth-order valence-corrected chi connectivity index (χ4v) is 1.87. The number of likely N-dealkylation sites (tertiary alicyclic amines) is 1. The van der Waals surface area contributed by atoms with Gasteiger partial charge in [0.25, 0.3) is 0 Å². The number of aliphatic carboxylic acids is 1. The van der Waals surface area contributed by atoms with Crippen molar-refractivity contribution < 1.29 is 9.90 Å². The molecule has 0 bridgehead atoms. The van der Waals surface area contributed by atoms with Crippen LogP contribution in [-0.4, -0.2) is 41.0 Å². The average molecular weight is 218 g/mol. The van der Waals surface area contributed by atoms with E-state index >= 15 is 0 Å². The fraction of sp³-hybridized carbons (Fsp3) is 0.700. The zero-order valence-corrected chi connectivity index (χ0v) is 8.96. The van der Waals surface area contributed by atoms with Crippen LogP contribution in [0.3, 0.4) is 0 Å². The molecule has 1 fully saturated rings. The predicted octanol–water partition coefficient (Wildman–Crippen LogP) is 1.72. The summed E-state index contributed by atoms with van der Waals surface area (Å²) in [6, 6.07) is -0.344. The molecule has 3 nitrogen and oxygen atoms in total. The highest BCUT2D eigenvalue weighted by Crippen LogP contribution is 2.18. The topological polar surface area (TPSA) is 40.5 Å². The number of rotatable bonds is 4. The van der Waals surface area contributed by atoms with Crippen molar-refractivity contribution in [3.63, 3.8) is 0 Å². The Labute approximate surface area is 89.3 Å². The minimum atomic E-state index is -0.730. The van der Waals surface area contributed by atoms with Gasteiger partial charge in [-0.05, 0) is 25.0 Å². The van der Waals surface area contributed by atoms with Crippen molar-refractivity contribution in [2.24, 2.45) is 0 Å². The maximum absolute atomic E-state index is 10.9. The maximum atomic E-state index is 10.9. The maximum Gasteiger partial charge on any atom is 0.320 e. The fourth-order valence-electron chi connectivity index (χ4n) is 1.79. The molecule has 1 unspecified atom stereocenters. The van der Waals surface area contributed by atoms with Crippen molar-refractivity contribution in [2.45, 2.75) is 25.3 Å². The van der Waals surface area contributed by atoms with E-state index in [0.717, 1.165) is 31.4 Å². The first-order valence-electron chi connectivity index (χ1n) is 4.84. The monoisotopic (exact) mass is 217 g/mol. The SMILES string of the molecule is C=C(CCl)CN1CCCCC1C(=O)O. The summed E-state index contributed by atoms with van der Waals surface area (Å²) < 4.78 is 0. The van der Waals surface area contributed by atoms with Crippen LogP contribution in [0.5, 0.6) is 0 Å². The Morgan fingerprint density at radius 3 is 2.86 bits per heavy atom. The molecule has 1 rings (SSSR count). The lowest BCUT2D eigenvalue weighted by molar-refractivity contribution is -0.144. The Kier molecular flexibility index (Phi) is 4.42. The van der Waals surface area contributed by atoms with Gasteiger partial charge in [-0.2, -0.15) is 0 Å². The van der Waals surface area contributed by atoms with E-state index < -0.39 is 5.97 Å². The van der Waals surface area contributed by atoms with Gasteiger partial charge in [0.15, 0.2) is 0 Å². The van der Waals surface area contributed by atoms with Crippen LogP contribution in [0, 0.1) is 0 Å². The zero-order valence-electron chi connectivity index (χ0n) is 8.21. The Hall–Kier alpha value is -0.540. The minimum absolute atomic E-state index is 0.344. The Morgan fingerprint density at radius 2 is 2.29 bits per heavy atom. The number of nitrogens with zero attached hydrogens (tertiary/aromatic N) is 1. The number of piperidine rings is 1. The number of alkyl halides is 1. The standard InChI is InChI=1S/C10H16ClNO2/c1-8(6-11)7-12-5-3-2-4-9(12)10(13)14/h9H,1-7H2,(H,13,14). The summed E-state index contributed by atoms with van der Waals surface area (Å²) in [6.07, 6.45) is 2.81. The highest BCUT2D eigenvalue weighted by molar-refractivity contribution is 6.19. The molecule has 1 saturated heterocycles. The molecule has 1 atom stereocenters. The molecule has 0 aromatic rings. The van der Waals surface area contributed by atoms with Gasteiger partial charge in [-0.15, -0.1) is 11.6 Å². The van der Waals surface area contributed by atoms with E-state index in [1.165, 1.54) is 0 Å². The summed E-state index contributed by atoms with van der Waals surface area (Å²) >= 11 is 5.62. The van der Waals surface area contributed by atoms with Gasteiger partial charge in [-0.25, -0.2) is 0 Å². The van der Waals surface area contributed by atoms with Gasteiger partial charge in [-0.3, -0.25) is 9.69 Å². The van der Waals surface area contributed by atoms with Crippen LogP contribution in [0.25, 0.3) is 0 Å². The average Bonchev–Trinajstić information content (AvgIpc) is 2.18. The molecule has 0 saturated carbocycles. The third kappa shape index (κ3) is 3.00. The number of carboxylic acids is 1. The van der Waals surface area contributed by atoms with Crippen LogP contribution in [0.2, 0.25) is 0 Å². The highest BCUT2D eigenvalue weighted by Gasteiger charge is 2.28. The Morgan fingerprint density at radius 1 is 1.57 bits per heavy atom. The van der Waals surface area contributed by atoms with Crippen LogP contribution >= 0.6 is 11.6 Å². The van der Waals surface area contributed by atoms with E-state index in [0.29, 0.717) is 12.4 Å². The summed E-state index contributed by atoms with van der Waals surface area (Å²) in [5, 5.41) is 8.99. The Bertz CT molecular complexity index is 230. The molecule has 1 N–H and O–H groups in total. The first-order valence-corrected chi connectivity index (χ1v) is 5.38. The molecule has 14 heavy (non-hydrogen) atoms. The third-order valence-electron chi connectivity index (χ3n) is 2.51. The first kappa shape index (κ1) is 11.5. The third-order valence-corrected chi connectivity index (χ3v) is 2.89. The van der Waals surface area contributed by atoms with Crippen molar-refractivity contribution in [2.75, 3.05) is 19.0 Å². The second-order valence-corrected chi connectivity index (χ2v) is 3.97. The molecule has 0 aliphatic carbocycles. The van der Waals surface area contributed by atoms with Crippen molar-refractivity contribution >= 4 is 17.6 Å². The molecule has 0 amide bonds. The molecule has 1 aliphatic rings. The molecule has 1 heterocycles. The number of carbonyl (C=O) groups is 1. The largest absolute Gasteiger partial charge is 0.480 e. The van der Waals surface area contributed by atoms with Gasteiger partial charge in [0.05, 0.1) is 0 Å². The predicted molar refractivity (Wildman–Crippen MR) is 56.7 cm³/mol. The zero-order chi connectivity index (χ0) is 10.6. The Balaban J connectivity index is 2.54. The number of carboxylic acid groups (broad SMARTS) is 1. The summed E-state index contributed by atoms with van der Waals surface area (Å²) in [6.45, 7) is 5.25. The molecule has 0 spiro atoms. The summed E-state index contributed by atoms with van der Waals surface area (Å²) in [5.74, 6) is -0.324. The van der Waals surface area contributed by atoms with Crippen molar-refractivity contribution in [1.29, 1.82) is 0 Å². The van der Waals surface area contributed by atoms with Crippen LogP contribution in [0.1, 0.15) is 19.3 Å². The van der Waals surface area contributed by atoms with Crippen LogP contribution in [0.4, 0.5) is 0 Å². The van der Waals surface area contributed by atoms with Crippen molar-refractivity contribution in [1.82, 2.24) is 4.90 Å². The van der Waals surface area contributed by atoms with Crippen molar-refractivity contribution in [3.05, 3.63) is 12.2 Å². The van der Waals surface area contributed by atoms with E-state index in [9.17, 15) is 4.79 Å². The second-order valence-electron chi connectivity index (χ2n) is 3.70. The molecule has 0 aromatic heterocycles. The van der Waals surface area contributed by atoms with E-state index in [1.54, 1.807) is 0 Å². The van der Waals surface area contributed by atoms with E-state index in [-0.39, 0.29) is 6.04 Å². The minimum Gasteiger partial charge on any atom is -0.480 e. The van der Waals surface area contributed by atoms with Crippen LogP contribution in [0.15, 0.2) is 12.2 Å². The molecule has 1 aliphatic heterocycles.